The largest absolute Gasteiger partial charge is 0.491 e. The Labute approximate surface area is 107 Å². The van der Waals surface area contributed by atoms with Gasteiger partial charge in [0.25, 0.3) is 0 Å². The summed E-state index contributed by atoms with van der Waals surface area (Å²) in [6, 6.07) is 1.60. The van der Waals surface area contributed by atoms with Crippen molar-refractivity contribution in [1.29, 1.82) is 0 Å². The summed E-state index contributed by atoms with van der Waals surface area (Å²) in [6.07, 6.45) is 1.73. The van der Waals surface area contributed by atoms with E-state index < -0.39 is 18.1 Å². The molecule has 1 atom stereocenters. The molecule has 0 bridgehead atoms. The van der Waals surface area contributed by atoms with Gasteiger partial charge >= 0.3 is 18.1 Å². The molecule has 1 unspecified atom stereocenters. The highest BCUT2D eigenvalue weighted by Gasteiger charge is 2.41. The molecule has 6 nitrogen and oxygen atoms in total. The topological polar surface area (TPSA) is 89.0 Å². The van der Waals surface area contributed by atoms with Gasteiger partial charge in [-0.2, -0.15) is 0 Å². The summed E-state index contributed by atoms with van der Waals surface area (Å²) in [5.74, 6) is 0. The molecule has 0 saturated heterocycles. The summed E-state index contributed by atoms with van der Waals surface area (Å²) in [7, 11) is 0.585. The van der Waals surface area contributed by atoms with Crippen LogP contribution in [0.15, 0.2) is 0 Å². The van der Waals surface area contributed by atoms with Crippen molar-refractivity contribution >= 4 is 18.1 Å². The molecule has 8 heteroatoms. The van der Waals surface area contributed by atoms with Gasteiger partial charge in [0.2, 0.25) is 0 Å². The van der Waals surface area contributed by atoms with Crippen LogP contribution in [-0.4, -0.2) is 52.5 Å². The first-order valence-electron chi connectivity index (χ1n) is 5.89. The zero-order valence-electron chi connectivity index (χ0n) is 11.1. The van der Waals surface area contributed by atoms with Crippen LogP contribution < -0.4 is 11.5 Å². The Hall–Kier alpha value is 0.194. The molecule has 0 radical (unpaired) electrons. The van der Waals surface area contributed by atoms with E-state index in [1.165, 1.54) is 0 Å². The van der Waals surface area contributed by atoms with Crippen LogP contribution in [0.3, 0.4) is 0 Å². The third-order valence-corrected chi connectivity index (χ3v) is 8.63. The van der Waals surface area contributed by atoms with Gasteiger partial charge < -0.3 is 28.9 Å². The SMILES string of the molecule is CO[SiH](CCCN)O[Si](CCCN)(OC)OC. The maximum Gasteiger partial charge on any atom is 0.491 e. The van der Waals surface area contributed by atoms with Gasteiger partial charge in [-0.25, -0.2) is 0 Å². The summed E-state index contributed by atoms with van der Waals surface area (Å²) >= 11 is 0. The van der Waals surface area contributed by atoms with E-state index in [1.54, 1.807) is 21.3 Å². The van der Waals surface area contributed by atoms with Gasteiger partial charge in [0, 0.05) is 27.4 Å². The molecule has 0 aliphatic carbocycles. The van der Waals surface area contributed by atoms with Gasteiger partial charge in [-0.05, 0) is 32.0 Å². The number of hydrogen-bond acceptors (Lipinski definition) is 6. The molecule has 0 aromatic heterocycles. The van der Waals surface area contributed by atoms with E-state index in [-0.39, 0.29) is 0 Å². The molecule has 0 amide bonds. The summed E-state index contributed by atoms with van der Waals surface area (Å²) < 4.78 is 22.3. The van der Waals surface area contributed by atoms with Crippen LogP contribution in [0.4, 0.5) is 0 Å². The lowest BCUT2D eigenvalue weighted by Gasteiger charge is -2.30. The summed E-state index contributed by atoms with van der Waals surface area (Å²) in [5, 5.41) is 0. The molecule has 0 fully saturated rings. The average Bonchev–Trinajstić information content (AvgIpc) is 2.39. The molecule has 0 aliphatic heterocycles. The van der Waals surface area contributed by atoms with Crippen LogP contribution >= 0.6 is 0 Å². The molecule has 0 spiro atoms. The van der Waals surface area contributed by atoms with Gasteiger partial charge in [-0.15, -0.1) is 0 Å². The van der Waals surface area contributed by atoms with Crippen molar-refractivity contribution < 1.29 is 17.4 Å². The van der Waals surface area contributed by atoms with E-state index in [9.17, 15) is 0 Å². The number of hydrogen-bond donors (Lipinski definition) is 2. The minimum absolute atomic E-state index is 0.604. The quantitative estimate of drug-likeness (QED) is 0.510. The Balaban J connectivity index is 4.36. The molecule has 0 saturated carbocycles. The second-order valence-electron chi connectivity index (χ2n) is 3.70. The van der Waals surface area contributed by atoms with Crippen molar-refractivity contribution in [3.63, 3.8) is 0 Å². The summed E-state index contributed by atoms with van der Waals surface area (Å²) in [4.78, 5) is 0. The second-order valence-corrected chi connectivity index (χ2v) is 9.23. The Morgan fingerprint density at radius 2 is 1.59 bits per heavy atom. The normalized spacial score (nSPS) is 13.9. The van der Waals surface area contributed by atoms with Gasteiger partial charge in [0.05, 0.1) is 0 Å². The van der Waals surface area contributed by atoms with Crippen molar-refractivity contribution in [1.82, 2.24) is 0 Å². The lowest BCUT2D eigenvalue weighted by molar-refractivity contribution is 0.143. The highest BCUT2D eigenvalue weighted by atomic mass is 28.4. The highest BCUT2D eigenvalue weighted by Crippen LogP contribution is 2.18. The van der Waals surface area contributed by atoms with Crippen LogP contribution in [0, 0.1) is 0 Å². The van der Waals surface area contributed by atoms with Crippen LogP contribution in [0.1, 0.15) is 12.8 Å². The summed E-state index contributed by atoms with van der Waals surface area (Å²) in [5.41, 5.74) is 11.0. The Bertz CT molecular complexity index is 184. The fraction of sp³-hybridized carbons (Fsp3) is 1.00. The van der Waals surface area contributed by atoms with Crippen molar-refractivity contribution in [3.05, 3.63) is 0 Å². The van der Waals surface area contributed by atoms with Crippen LogP contribution in [-0.2, 0) is 17.4 Å². The van der Waals surface area contributed by atoms with Gasteiger partial charge in [0.15, 0.2) is 0 Å². The lowest BCUT2D eigenvalue weighted by Crippen LogP contribution is -2.49. The molecule has 17 heavy (non-hydrogen) atoms. The fourth-order valence-electron chi connectivity index (χ4n) is 1.47. The van der Waals surface area contributed by atoms with E-state index in [2.05, 4.69) is 0 Å². The smallest absolute Gasteiger partial charge is 0.400 e. The van der Waals surface area contributed by atoms with Crippen molar-refractivity contribution in [2.24, 2.45) is 11.5 Å². The summed E-state index contributed by atoms with van der Waals surface area (Å²) in [6.45, 7) is 1.25. The Kier molecular flexibility index (Phi) is 10.3. The fourth-order valence-corrected chi connectivity index (χ4v) is 7.19. The van der Waals surface area contributed by atoms with E-state index in [0.717, 1.165) is 24.9 Å². The predicted molar refractivity (Wildman–Crippen MR) is 72.0 cm³/mol. The first kappa shape index (κ1) is 17.2. The molecule has 0 aliphatic rings. The zero-order valence-corrected chi connectivity index (χ0v) is 13.3. The molecular weight excluding hydrogens is 256 g/mol. The van der Waals surface area contributed by atoms with Gasteiger partial charge in [0.1, 0.15) is 0 Å². The molecule has 0 rings (SSSR count). The van der Waals surface area contributed by atoms with Crippen molar-refractivity contribution in [3.8, 4) is 0 Å². The van der Waals surface area contributed by atoms with E-state index in [0.29, 0.717) is 13.1 Å². The Morgan fingerprint density at radius 3 is 2.00 bits per heavy atom. The van der Waals surface area contributed by atoms with Crippen molar-refractivity contribution in [2.75, 3.05) is 34.4 Å². The molecule has 0 aromatic rings. The van der Waals surface area contributed by atoms with Gasteiger partial charge in [-0.1, -0.05) is 0 Å². The van der Waals surface area contributed by atoms with Gasteiger partial charge in [-0.3, -0.25) is 0 Å². The van der Waals surface area contributed by atoms with E-state index in [4.69, 9.17) is 28.9 Å². The first-order valence-corrected chi connectivity index (χ1v) is 9.58. The maximum atomic E-state index is 5.99. The third kappa shape index (κ3) is 6.62. The molecule has 104 valence electrons. The predicted octanol–water partition coefficient (Wildman–Crippen LogP) is -0.201. The minimum Gasteiger partial charge on any atom is -0.400 e. The van der Waals surface area contributed by atoms with Crippen LogP contribution in [0.5, 0.6) is 0 Å². The van der Waals surface area contributed by atoms with Crippen LogP contribution in [0.2, 0.25) is 12.1 Å². The maximum absolute atomic E-state index is 5.99. The van der Waals surface area contributed by atoms with Crippen LogP contribution in [0.25, 0.3) is 0 Å². The van der Waals surface area contributed by atoms with E-state index in [1.807, 2.05) is 0 Å². The number of rotatable bonds is 11. The monoisotopic (exact) mass is 282 g/mol. The molecule has 0 aromatic carbocycles. The molecule has 4 N–H and O–H groups in total. The Morgan fingerprint density at radius 1 is 1.00 bits per heavy atom. The molecular formula is C9H26N2O4Si2. The first-order chi connectivity index (χ1) is 8.17. The standard InChI is InChI=1S/C9H26N2O4Si2/c1-12-16(8-4-6-10)15-17(13-2,14-3)9-5-7-11/h16H,4-11H2,1-3H3. The third-order valence-electron chi connectivity index (χ3n) is 2.53. The lowest BCUT2D eigenvalue weighted by atomic mass is 10.5. The number of nitrogens with two attached hydrogens (primary N) is 2. The highest BCUT2D eigenvalue weighted by molar-refractivity contribution is 6.69. The minimum atomic E-state index is -2.58. The zero-order chi connectivity index (χ0) is 13.1. The van der Waals surface area contributed by atoms with E-state index >= 15 is 0 Å². The average molecular weight is 282 g/mol. The van der Waals surface area contributed by atoms with Crippen molar-refractivity contribution in [2.45, 2.75) is 24.9 Å². The second kappa shape index (κ2) is 10.1. The molecule has 0 heterocycles.